The number of H-pyrrole nitrogens is 1. The Hall–Kier alpha value is -2.96. The number of carbonyl (C=O) groups is 1. The van der Waals surface area contributed by atoms with Crippen molar-refractivity contribution in [3.63, 3.8) is 0 Å². The highest BCUT2D eigenvalue weighted by atomic mass is 16.5. The monoisotopic (exact) mass is 313 g/mol. The van der Waals surface area contributed by atoms with E-state index in [1.54, 1.807) is 6.07 Å². The largest absolute Gasteiger partial charge is 0.481 e. The first-order valence-electron chi connectivity index (χ1n) is 7.27. The van der Waals surface area contributed by atoms with Gasteiger partial charge < -0.3 is 14.6 Å². The van der Waals surface area contributed by atoms with E-state index in [0.29, 0.717) is 5.56 Å². The number of nitrogens with zero attached hydrogens (tertiary/aromatic N) is 2. The van der Waals surface area contributed by atoms with Gasteiger partial charge in [-0.2, -0.15) is 4.98 Å². The molecule has 7 nitrogen and oxygen atoms in total. The van der Waals surface area contributed by atoms with Gasteiger partial charge in [-0.05, 0) is 35.6 Å². The van der Waals surface area contributed by atoms with Gasteiger partial charge in [0, 0.05) is 11.9 Å². The summed E-state index contributed by atoms with van der Waals surface area (Å²) in [4.78, 5) is 29.7. The van der Waals surface area contributed by atoms with E-state index < -0.39 is 5.97 Å². The Bertz CT molecular complexity index is 926. The number of rotatable bonds is 5. The van der Waals surface area contributed by atoms with Crippen LogP contribution in [-0.4, -0.2) is 26.2 Å². The lowest BCUT2D eigenvalue weighted by atomic mass is 10.1. The third kappa shape index (κ3) is 3.13. The molecule has 3 aromatic rings. The minimum Gasteiger partial charge on any atom is -0.481 e. The van der Waals surface area contributed by atoms with Crippen molar-refractivity contribution in [3.8, 4) is 11.4 Å². The van der Waals surface area contributed by atoms with Gasteiger partial charge in [0.1, 0.15) is 0 Å². The van der Waals surface area contributed by atoms with Crippen LogP contribution in [0.25, 0.3) is 22.3 Å². The molecule has 0 saturated carbocycles. The van der Waals surface area contributed by atoms with Gasteiger partial charge in [0.15, 0.2) is 0 Å². The summed E-state index contributed by atoms with van der Waals surface area (Å²) in [6, 6.07) is 7.56. The normalized spacial score (nSPS) is 11.0. The molecule has 0 unspecified atom stereocenters. The average Bonchev–Trinajstić information content (AvgIpc) is 3.00. The lowest BCUT2D eigenvalue weighted by Crippen LogP contribution is -2.09. The van der Waals surface area contributed by atoms with Gasteiger partial charge in [-0.15, -0.1) is 0 Å². The number of nitrogens with one attached hydrogen (secondary N) is 1. The molecule has 3 rings (SSSR count). The van der Waals surface area contributed by atoms with Gasteiger partial charge in [-0.25, -0.2) is 0 Å². The number of aromatic amines is 1. The summed E-state index contributed by atoms with van der Waals surface area (Å²) >= 11 is 0. The van der Waals surface area contributed by atoms with Gasteiger partial charge in [0.05, 0.1) is 12.0 Å². The fourth-order valence-corrected chi connectivity index (χ4v) is 2.32. The first-order chi connectivity index (χ1) is 11.1. The van der Waals surface area contributed by atoms with Gasteiger partial charge in [0.25, 0.3) is 5.56 Å². The zero-order chi connectivity index (χ0) is 16.4. The van der Waals surface area contributed by atoms with Gasteiger partial charge in [0.2, 0.25) is 11.7 Å². The third-order valence-corrected chi connectivity index (χ3v) is 3.58. The molecule has 0 fully saturated rings. The fourth-order valence-electron chi connectivity index (χ4n) is 2.32. The van der Waals surface area contributed by atoms with Crippen molar-refractivity contribution in [1.29, 1.82) is 0 Å². The van der Waals surface area contributed by atoms with E-state index in [2.05, 4.69) is 22.0 Å². The van der Waals surface area contributed by atoms with Crippen LogP contribution in [0.4, 0.5) is 0 Å². The van der Waals surface area contributed by atoms with Gasteiger partial charge >= 0.3 is 5.97 Å². The van der Waals surface area contributed by atoms with Crippen molar-refractivity contribution in [2.45, 2.75) is 26.2 Å². The average molecular weight is 313 g/mol. The first kappa shape index (κ1) is 15.0. The van der Waals surface area contributed by atoms with E-state index in [0.717, 1.165) is 22.9 Å². The Morgan fingerprint density at radius 2 is 2.17 bits per heavy atom. The topological polar surface area (TPSA) is 109 Å². The highest BCUT2D eigenvalue weighted by molar-refractivity contribution is 5.83. The number of hydrogen-bond donors (Lipinski definition) is 2. The van der Waals surface area contributed by atoms with E-state index in [9.17, 15) is 9.59 Å². The predicted octanol–water partition coefficient (Wildman–Crippen LogP) is 2.16. The maximum atomic E-state index is 12.2. The summed E-state index contributed by atoms with van der Waals surface area (Å²) in [7, 11) is 0. The highest BCUT2D eigenvalue weighted by Crippen LogP contribution is 2.19. The minimum absolute atomic E-state index is 0.102. The van der Waals surface area contributed by atoms with Crippen molar-refractivity contribution < 1.29 is 14.4 Å². The van der Waals surface area contributed by atoms with Crippen LogP contribution in [0.3, 0.4) is 0 Å². The molecule has 0 spiro atoms. The number of benzene rings is 1. The second kappa shape index (κ2) is 6.04. The van der Waals surface area contributed by atoms with Crippen LogP contribution in [0.2, 0.25) is 0 Å². The lowest BCUT2D eigenvalue weighted by molar-refractivity contribution is -0.137. The standard InChI is InChI=1S/C16H15N3O4/c1-2-9-3-4-12-10(7-9)8-11(16(22)17-12)15-18-13(23-19-15)5-6-14(20)21/h3-4,7-8H,2,5-6H2,1H3,(H,17,22)(H,20,21). The number of aromatic nitrogens is 3. The summed E-state index contributed by atoms with van der Waals surface area (Å²) in [6.07, 6.45) is 0.926. The zero-order valence-electron chi connectivity index (χ0n) is 12.5. The van der Waals surface area contributed by atoms with Crippen LogP contribution in [0.15, 0.2) is 33.6 Å². The molecular formula is C16H15N3O4. The molecule has 0 radical (unpaired) electrons. The Kier molecular flexibility index (Phi) is 3.92. The van der Waals surface area contributed by atoms with Crippen LogP contribution in [0.1, 0.15) is 24.8 Å². The third-order valence-electron chi connectivity index (χ3n) is 3.58. The molecule has 0 atom stereocenters. The van der Waals surface area contributed by atoms with E-state index in [-0.39, 0.29) is 30.1 Å². The highest BCUT2D eigenvalue weighted by Gasteiger charge is 2.14. The molecule has 0 aliphatic rings. The molecule has 0 aliphatic carbocycles. The Labute approximate surface area is 131 Å². The molecule has 0 bridgehead atoms. The number of fused-ring (bicyclic) bond motifs is 1. The van der Waals surface area contributed by atoms with Crippen molar-refractivity contribution in [2.75, 3.05) is 0 Å². The maximum Gasteiger partial charge on any atom is 0.303 e. The van der Waals surface area contributed by atoms with Crippen LogP contribution in [0, 0.1) is 0 Å². The quantitative estimate of drug-likeness (QED) is 0.747. The van der Waals surface area contributed by atoms with Crippen LogP contribution in [-0.2, 0) is 17.6 Å². The SMILES string of the molecule is CCc1ccc2[nH]c(=O)c(-c3noc(CCC(=O)O)n3)cc2c1. The number of pyridine rings is 1. The van der Waals surface area contributed by atoms with Crippen LogP contribution in [0.5, 0.6) is 0 Å². The van der Waals surface area contributed by atoms with E-state index >= 15 is 0 Å². The molecule has 23 heavy (non-hydrogen) atoms. The molecule has 0 aliphatic heterocycles. The Balaban J connectivity index is 2.00. The van der Waals surface area contributed by atoms with Crippen LogP contribution >= 0.6 is 0 Å². The molecule has 7 heteroatoms. The zero-order valence-corrected chi connectivity index (χ0v) is 12.5. The molecule has 2 aromatic heterocycles. The molecule has 0 amide bonds. The van der Waals surface area contributed by atoms with E-state index in [1.165, 1.54) is 0 Å². The molecule has 1 aromatic carbocycles. The van der Waals surface area contributed by atoms with Gasteiger partial charge in [-0.3, -0.25) is 9.59 Å². The lowest BCUT2D eigenvalue weighted by Gasteiger charge is -2.02. The summed E-state index contributed by atoms with van der Waals surface area (Å²) < 4.78 is 5.00. The number of aryl methyl sites for hydroxylation is 2. The van der Waals surface area contributed by atoms with E-state index in [1.807, 2.05) is 18.2 Å². The number of hydrogen-bond acceptors (Lipinski definition) is 5. The summed E-state index contributed by atoms with van der Waals surface area (Å²) in [5, 5.41) is 13.3. The number of carboxylic acid groups (broad SMARTS) is 1. The predicted molar refractivity (Wildman–Crippen MR) is 83.2 cm³/mol. The molecule has 2 N–H and O–H groups in total. The molecular weight excluding hydrogens is 298 g/mol. The Morgan fingerprint density at radius 3 is 2.91 bits per heavy atom. The molecule has 118 valence electrons. The molecule has 2 heterocycles. The Morgan fingerprint density at radius 1 is 1.35 bits per heavy atom. The first-order valence-corrected chi connectivity index (χ1v) is 7.27. The fraction of sp³-hybridized carbons (Fsp3) is 0.250. The van der Waals surface area contributed by atoms with Crippen molar-refractivity contribution >= 4 is 16.9 Å². The van der Waals surface area contributed by atoms with E-state index in [4.69, 9.17) is 9.63 Å². The maximum absolute atomic E-state index is 12.2. The van der Waals surface area contributed by atoms with Crippen molar-refractivity contribution in [3.05, 3.63) is 46.1 Å². The smallest absolute Gasteiger partial charge is 0.303 e. The molecule has 0 saturated heterocycles. The number of carboxylic acids is 1. The van der Waals surface area contributed by atoms with Crippen molar-refractivity contribution in [1.82, 2.24) is 15.1 Å². The summed E-state index contributed by atoms with van der Waals surface area (Å²) in [5.74, 6) is -0.583. The van der Waals surface area contributed by atoms with Gasteiger partial charge in [-0.1, -0.05) is 18.1 Å². The summed E-state index contributed by atoms with van der Waals surface area (Å²) in [5.41, 5.74) is 1.89. The van der Waals surface area contributed by atoms with Crippen molar-refractivity contribution in [2.24, 2.45) is 0 Å². The minimum atomic E-state index is -0.944. The van der Waals surface area contributed by atoms with Crippen LogP contribution < -0.4 is 5.56 Å². The number of aliphatic carboxylic acids is 1. The summed E-state index contributed by atoms with van der Waals surface area (Å²) in [6.45, 7) is 2.06. The second-order valence-electron chi connectivity index (χ2n) is 5.19. The second-order valence-corrected chi connectivity index (χ2v) is 5.19.